The molecule has 0 unspecified atom stereocenters. The van der Waals surface area contributed by atoms with E-state index in [0.717, 1.165) is 17.1 Å². The maximum absolute atomic E-state index is 11.1. The first-order valence-electron chi connectivity index (χ1n) is 4.39. The zero-order chi connectivity index (χ0) is 11.0. The van der Waals surface area contributed by atoms with Gasteiger partial charge in [-0.25, -0.2) is 0 Å². The molecule has 0 atom stereocenters. The molecule has 0 saturated heterocycles. The number of aldehydes is 1. The van der Waals surface area contributed by atoms with Gasteiger partial charge in [-0.15, -0.1) is 0 Å². The van der Waals surface area contributed by atoms with Gasteiger partial charge in [0.15, 0.2) is 6.29 Å². The lowest BCUT2D eigenvalue weighted by atomic mass is 10.1. The van der Waals surface area contributed by atoms with Crippen LogP contribution in [0.2, 0.25) is 5.02 Å². The average Bonchev–Trinajstić information content (AvgIpc) is 2.59. The van der Waals surface area contributed by atoms with Gasteiger partial charge >= 0.3 is 0 Å². The Morgan fingerprint density at radius 3 is 2.73 bits per heavy atom. The Labute approximate surface area is 91.3 Å². The third-order valence-corrected chi connectivity index (χ3v) is 2.46. The van der Waals surface area contributed by atoms with Gasteiger partial charge in [-0.2, -0.15) is 0 Å². The minimum Gasteiger partial charge on any atom is -0.298 e. The van der Waals surface area contributed by atoms with Crippen LogP contribution in [-0.2, 0) is 0 Å². The van der Waals surface area contributed by atoms with Crippen LogP contribution in [-0.4, -0.2) is 16.8 Å². The standard InChI is InChI=1S/C11H8ClNO2/c1-7(15)13-4-8-2-10(12)3-9(6-14)11(8)5-13/h2-6H,1H3. The third-order valence-electron chi connectivity index (χ3n) is 2.25. The minimum absolute atomic E-state index is 0.0980. The molecule has 0 aliphatic heterocycles. The monoisotopic (exact) mass is 221 g/mol. The Morgan fingerprint density at radius 1 is 1.40 bits per heavy atom. The first kappa shape index (κ1) is 9.93. The van der Waals surface area contributed by atoms with Crippen LogP contribution in [0.3, 0.4) is 0 Å². The molecule has 4 heteroatoms. The van der Waals surface area contributed by atoms with E-state index in [0.29, 0.717) is 10.6 Å². The first-order chi connectivity index (χ1) is 7.11. The predicted molar refractivity (Wildman–Crippen MR) is 58.6 cm³/mol. The van der Waals surface area contributed by atoms with E-state index in [9.17, 15) is 9.59 Å². The highest BCUT2D eigenvalue weighted by atomic mass is 35.5. The Bertz CT molecular complexity index is 557. The van der Waals surface area contributed by atoms with E-state index >= 15 is 0 Å². The molecule has 3 nitrogen and oxygen atoms in total. The molecule has 0 N–H and O–H groups in total. The molecule has 0 aliphatic carbocycles. The summed E-state index contributed by atoms with van der Waals surface area (Å²) >= 11 is 5.84. The summed E-state index contributed by atoms with van der Waals surface area (Å²) in [5.41, 5.74) is 0.498. The van der Waals surface area contributed by atoms with Crippen LogP contribution >= 0.6 is 11.6 Å². The molecule has 2 aromatic rings. The molecule has 0 fully saturated rings. The van der Waals surface area contributed by atoms with Crippen LogP contribution in [0.25, 0.3) is 10.8 Å². The van der Waals surface area contributed by atoms with Crippen LogP contribution in [0.15, 0.2) is 24.5 Å². The molecule has 0 radical (unpaired) electrons. The van der Waals surface area contributed by atoms with Crippen molar-refractivity contribution in [3.8, 4) is 0 Å². The molecule has 0 saturated carbocycles. The van der Waals surface area contributed by atoms with E-state index in [-0.39, 0.29) is 5.91 Å². The van der Waals surface area contributed by atoms with E-state index < -0.39 is 0 Å². The van der Waals surface area contributed by atoms with Gasteiger partial charge in [0.2, 0.25) is 5.91 Å². The summed E-state index contributed by atoms with van der Waals surface area (Å²) in [5, 5.41) is 2.02. The van der Waals surface area contributed by atoms with E-state index in [1.165, 1.54) is 11.5 Å². The van der Waals surface area contributed by atoms with Gasteiger partial charge in [0.05, 0.1) is 0 Å². The van der Waals surface area contributed by atoms with Crippen molar-refractivity contribution in [1.29, 1.82) is 0 Å². The van der Waals surface area contributed by atoms with Gasteiger partial charge in [0.1, 0.15) is 0 Å². The quantitative estimate of drug-likeness (QED) is 0.695. The molecule has 76 valence electrons. The van der Waals surface area contributed by atoms with E-state index in [1.807, 2.05) is 0 Å². The average molecular weight is 222 g/mol. The normalized spacial score (nSPS) is 10.5. The number of rotatable bonds is 1. The summed E-state index contributed by atoms with van der Waals surface area (Å²) in [6.07, 6.45) is 4.03. The molecular formula is C11H8ClNO2. The van der Waals surface area contributed by atoms with Gasteiger partial charge in [-0.3, -0.25) is 14.2 Å². The number of benzene rings is 1. The van der Waals surface area contributed by atoms with Gasteiger partial charge in [0.25, 0.3) is 0 Å². The fraction of sp³-hybridized carbons (Fsp3) is 0.0909. The number of halogens is 1. The number of fused-ring (bicyclic) bond motifs is 1. The maximum Gasteiger partial charge on any atom is 0.227 e. The van der Waals surface area contributed by atoms with E-state index in [4.69, 9.17) is 11.6 Å². The Balaban J connectivity index is 2.79. The molecule has 1 heterocycles. The highest BCUT2D eigenvalue weighted by molar-refractivity contribution is 6.31. The zero-order valence-electron chi connectivity index (χ0n) is 8.03. The fourth-order valence-corrected chi connectivity index (χ4v) is 1.76. The first-order valence-corrected chi connectivity index (χ1v) is 4.77. The van der Waals surface area contributed by atoms with E-state index in [2.05, 4.69) is 0 Å². The lowest BCUT2D eigenvalue weighted by Gasteiger charge is -1.94. The molecule has 1 aromatic heterocycles. The van der Waals surface area contributed by atoms with Gasteiger partial charge < -0.3 is 0 Å². The van der Waals surface area contributed by atoms with Crippen molar-refractivity contribution < 1.29 is 9.59 Å². The lowest BCUT2D eigenvalue weighted by molar-refractivity contribution is 0.0936. The molecule has 0 aliphatic rings. The topological polar surface area (TPSA) is 39.1 Å². The largest absolute Gasteiger partial charge is 0.298 e. The molecule has 15 heavy (non-hydrogen) atoms. The number of carbonyl (C=O) groups is 2. The SMILES string of the molecule is CC(=O)n1cc2cc(Cl)cc(C=O)c2c1. The predicted octanol–water partition coefficient (Wildman–Crippen LogP) is 2.77. The second kappa shape index (κ2) is 3.51. The molecule has 1 aromatic carbocycles. The highest BCUT2D eigenvalue weighted by Gasteiger charge is 2.07. The number of carbonyl (C=O) groups excluding carboxylic acids is 2. The Kier molecular flexibility index (Phi) is 2.32. The smallest absolute Gasteiger partial charge is 0.227 e. The minimum atomic E-state index is -0.0980. The number of nitrogens with zero attached hydrogens (tertiary/aromatic N) is 1. The summed E-state index contributed by atoms with van der Waals surface area (Å²) < 4.78 is 1.44. The van der Waals surface area contributed by atoms with E-state index in [1.54, 1.807) is 24.5 Å². The molecule has 0 spiro atoms. The molecular weight excluding hydrogens is 214 g/mol. The summed E-state index contributed by atoms with van der Waals surface area (Å²) in [7, 11) is 0. The van der Waals surface area contributed by atoms with Crippen LogP contribution in [0.1, 0.15) is 22.1 Å². The fourth-order valence-electron chi connectivity index (χ4n) is 1.52. The van der Waals surface area contributed by atoms with Crippen molar-refractivity contribution in [3.05, 3.63) is 35.1 Å². The second-order valence-corrected chi connectivity index (χ2v) is 3.74. The van der Waals surface area contributed by atoms with Crippen molar-refractivity contribution in [1.82, 2.24) is 4.57 Å². The van der Waals surface area contributed by atoms with Crippen LogP contribution in [0.4, 0.5) is 0 Å². The Hall–Kier alpha value is -1.61. The summed E-state index contributed by atoms with van der Waals surface area (Å²) in [6.45, 7) is 1.46. The van der Waals surface area contributed by atoms with Crippen LogP contribution in [0.5, 0.6) is 0 Å². The van der Waals surface area contributed by atoms with Gasteiger partial charge in [-0.05, 0) is 12.1 Å². The van der Waals surface area contributed by atoms with Crippen LogP contribution in [0, 0.1) is 0 Å². The number of hydrogen-bond donors (Lipinski definition) is 0. The molecule has 0 amide bonds. The van der Waals surface area contributed by atoms with Gasteiger partial charge in [-0.1, -0.05) is 11.6 Å². The Morgan fingerprint density at radius 2 is 2.13 bits per heavy atom. The van der Waals surface area contributed by atoms with Gasteiger partial charge in [0, 0.05) is 40.7 Å². The lowest BCUT2D eigenvalue weighted by Crippen LogP contribution is -2.00. The molecule has 0 bridgehead atoms. The van der Waals surface area contributed by atoms with Crippen molar-refractivity contribution >= 4 is 34.6 Å². The summed E-state index contributed by atoms with van der Waals surface area (Å²) in [6, 6.07) is 3.31. The second-order valence-electron chi connectivity index (χ2n) is 3.30. The highest BCUT2D eigenvalue weighted by Crippen LogP contribution is 2.23. The number of aromatic nitrogens is 1. The number of hydrogen-bond acceptors (Lipinski definition) is 2. The summed E-state index contributed by atoms with van der Waals surface area (Å²) in [5.74, 6) is -0.0980. The van der Waals surface area contributed by atoms with Crippen molar-refractivity contribution in [2.24, 2.45) is 0 Å². The maximum atomic E-state index is 11.1. The zero-order valence-corrected chi connectivity index (χ0v) is 8.78. The third kappa shape index (κ3) is 1.66. The van der Waals surface area contributed by atoms with Crippen molar-refractivity contribution in [3.63, 3.8) is 0 Å². The van der Waals surface area contributed by atoms with Crippen LogP contribution < -0.4 is 0 Å². The summed E-state index contributed by atoms with van der Waals surface area (Å²) in [4.78, 5) is 21.9. The van der Waals surface area contributed by atoms with Crippen molar-refractivity contribution in [2.75, 3.05) is 0 Å². The van der Waals surface area contributed by atoms with Crippen molar-refractivity contribution in [2.45, 2.75) is 6.92 Å². The molecule has 2 rings (SSSR count).